The number of carbonyl (C=O) groups excluding carboxylic acids is 1. The number of fused-ring (bicyclic) bond motifs is 3. The maximum Gasteiger partial charge on any atom is 0.150 e. The van der Waals surface area contributed by atoms with E-state index in [1.165, 1.54) is 60.3 Å². The molecule has 154 valence electrons. The third-order valence-electron chi connectivity index (χ3n) is 8.61. The highest BCUT2D eigenvalue weighted by Crippen LogP contribution is 2.61. The summed E-state index contributed by atoms with van der Waals surface area (Å²) in [6.45, 7) is 0. The highest BCUT2D eigenvalue weighted by atomic mass is 16.1. The van der Waals surface area contributed by atoms with Gasteiger partial charge in [0.15, 0.2) is 0 Å². The van der Waals surface area contributed by atoms with Crippen molar-refractivity contribution in [2.75, 3.05) is 0 Å². The topological polar surface area (TPSA) is 22.0 Å². The van der Waals surface area contributed by atoms with Gasteiger partial charge in [0, 0.05) is 22.0 Å². The highest BCUT2D eigenvalue weighted by molar-refractivity contribution is 6.09. The zero-order valence-corrected chi connectivity index (χ0v) is 17.8. The van der Waals surface area contributed by atoms with Gasteiger partial charge in [0.1, 0.15) is 6.29 Å². The van der Waals surface area contributed by atoms with E-state index in [0.717, 1.165) is 29.7 Å². The fourth-order valence-corrected chi connectivity index (χ4v) is 7.75. The Morgan fingerprint density at radius 3 is 2.06 bits per heavy atom. The molecular weight excluding hydrogens is 378 g/mol. The first-order valence-electron chi connectivity index (χ1n) is 11.8. The third kappa shape index (κ3) is 2.54. The largest absolute Gasteiger partial charge is 0.309 e. The van der Waals surface area contributed by atoms with Crippen LogP contribution in [0.25, 0.3) is 27.5 Å². The first-order valence-corrected chi connectivity index (χ1v) is 11.8. The lowest BCUT2D eigenvalue weighted by Gasteiger charge is -2.57. The molecule has 0 aliphatic heterocycles. The van der Waals surface area contributed by atoms with E-state index in [4.69, 9.17) is 0 Å². The molecule has 0 unspecified atom stereocenters. The zero-order chi connectivity index (χ0) is 20.6. The van der Waals surface area contributed by atoms with Gasteiger partial charge in [-0.15, -0.1) is 0 Å². The molecule has 0 N–H and O–H groups in total. The maximum atomic E-state index is 11.1. The molecule has 4 bridgehead atoms. The molecule has 0 radical (unpaired) electrons. The maximum absolute atomic E-state index is 11.1. The number of nitrogens with zero attached hydrogens (tertiary/aromatic N) is 1. The van der Waals surface area contributed by atoms with Crippen molar-refractivity contribution >= 4 is 28.1 Å². The van der Waals surface area contributed by atoms with Crippen LogP contribution >= 0.6 is 0 Å². The molecule has 0 saturated heterocycles. The van der Waals surface area contributed by atoms with E-state index in [9.17, 15) is 4.79 Å². The Bertz CT molecular complexity index is 1290. The van der Waals surface area contributed by atoms with Crippen LogP contribution in [0.3, 0.4) is 0 Å². The molecule has 4 fully saturated rings. The summed E-state index contributed by atoms with van der Waals surface area (Å²) < 4.78 is 2.35. The van der Waals surface area contributed by atoms with Gasteiger partial charge in [0.2, 0.25) is 0 Å². The monoisotopic (exact) mass is 405 g/mol. The summed E-state index contributed by atoms with van der Waals surface area (Å²) in [4.78, 5) is 11.1. The highest BCUT2D eigenvalue weighted by Gasteiger charge is 2.51. The molecule has 1 heterocycles. The second-order valence-electron chi connectivity index (χ2n) is 10.5. The number of carbonyl (C=O) groups is 1. The number of rotatable bonds is 3. The van der Waals surface area contributed by atoms with E-state index in [1.807, 2.05) is 12.1 Å². The molecule has 3 aromatic carbocycles. The van der Waals surface area contributed by atoms with Gasteiger partial charge in [-0.25, -0.2) is 0 Å². The Kier molecular flexibility index (Phi) is 3.62. The molecule has 31 heavy (non-hydrogen) atoms. The van der Waals surface area contributed by atoms with Crippen LogP contribution in [0.1, 0.15) is 54.4 Å². The minimum Gasteiger partial charge on any atom is -0.309 e. The summed E-state index contributed by atoms with van der Waals surface area (Å²) in [5.41, 5.74) is 6.32. The smallest absolute Gasteiger partial charge is 0.150 e. The molecule has 0 atom stereocenters. The quantitative estimate of drug-likeness (QED) is 0.334. The van der Waals surface area contributed by atoms with E-state index in [2.05, 4.69) is 59.2 Å². The number of aldehydes is 1. The first-order chi connectivity index (χ1) is 15.2. The van der Waals surface area contributed by atoms with Crippen LogP contribution in [0.2, 0.25) is 0 Å². The Hall–Kier alpha value is -2.87. The van der Waals surface area contributed by atoms with Crippen molar-refractivity contribution in [3.63, 3.8) is 0 Å². The Morgan fingerprint density at radius 2 is 1.39 bits per heavy atom. The van der Waals surface area contributed by atoms with Crippen molar-refractivity contribution in [1.29, 1.82) is 0 Å². The SMILES string of the molecule is O=Cc1ccc(-n2c3ccccc3c3cc(C45CC6CC(CC(C6)C4)C5)ccc32)cc1. The summed E-state index contributed by atoms with van der Waals surface area (Å²) in [5.74, 6) is 2.87. The molecule has 0 spiro atoms. The van der Waals surface area contributed by atoms with Gasteiger partial charge >= 0.3 is 0 Å². The number of hydrogen-bond acceptors (Lipinski definition) is 1. The van der Waals surface area contributed by atoms with Crippen LogP contribution in [0, 0.1) is 17.8 Å². The standard InChI is InChI=1S/C29H27NO/c31-18-19-5-8-24(9-6-19)30-27-4-2-1-3-25(27)26-14-23(7-10-28(26)30)29-15-20-11-21(16-29)13-22(12-20)17-29/h1-10,14,18,20-22H,11-13,15-17H2. The number of para-hydroxylation sites is 1. The van der Waals surface area contributed by atoms with Crippen molar-refractivity contribution in [2.24, 2.45) is 17.8 Å². The van der Waals surface area contributed by atoms with Crippen molar-refractivity contribution in [2.45, 2.75) is 43.9 Å². The van der Waals surface area contributed by atoms with Crippen LogP contribution in [0.15, 0.2) is 66.7 Å². The molecule has 4 aliphatic rings. The molecule has 4 aliphatic carbocycles. The van der Waals surface area contributed by atoms with Gasteiger partial charge in [-0.3, -0.25) is 4.79 Å². The molecular formula is C29H27NO. The summed E-state index contributed by atoms with van der Waals surface area (Å²) in [6.07, 6.45) is 9.56. The average Bonchev–Trinajstić information content (AvgIpc) is 3.12. The number of benzene rings is 3. The van der Waals surface area contributed by atoms with E-state index in [1.54, 1.807) is 5.56 Å². The van der Waals surface area contributed by atoms with Gasteiger partial charge in [-0.05, 0) is 110 Å². The van der Waals surface area contributed by atoms with Crippen LogP contribution in [0.4, 0.5) is 0 Å². The van der Waals surface area contributed by atoms with Crippen LogP contribution in [-0.2, 0) is 5.41 Å². The van der Waals surface area contributed by atoms with Gasteiger partial charge in [-0.2, -0.15) is 0 Å². The van der Waals surface area contributed by atoms with Crippen LogP contribution in [-0.4, -0.2) is 10.9 Å². The minimum absolute atomic E-state index is 0.414. The van der Waals surface area contributed by atoms with E-state index < -0.39 is 0 Å². The molecule has 8 rings (SSSR count). The van der Waals surface area contributed by atoms with Crippen molar-refractivity contribution in [3.05, 3.63) is 77.9 Å². The first kappa shape index (κ1) is 17.8. The lowest BCUT2D eigenvalue weighted by atomic mass is 9.48. The van der Waals surface area contributed by atoms with Crippen LogP contribution < -0.4 is 0 Å². The lowest BCUT2D eigenvalue weighted by molar-refractivity contribution is -0.00512. The Labute approximate surface area is 182 Å². The van der Waals surface area contributed by atoms with Crippen molar-refractivity contribution in [3.8, 4) is 5.69 Å². The van der Waals surface area contributed by atoms with Gasteiger partial charge in [0.25, 0.3) is 0 Å². The molecule has 1 aromatic heterocycles. The van der Waals surface area contributed by atoms with E-state index in [0.29, 0.717) is 11.0 Å². The van der Waals surface area contributed by atoms with Crippen LogP contribution in [0.5, 0.6) is 0 Å². The van der Waals surface area contributed by atoms with E-state index >= 15 is 0 Å². The fraction of sp³-hybridized carbons (Fsp3) is 0.345. The van der Waals surface area contributed by atoms with Gasteiger partial charge in [-0.1, -0.05) is 24.3 Å². The minimum atomic E-state index is 0.414. The van der Waals surface area contributed by atoms with Crippen molar-refractivity contribution in [1.82, 2.24) is 4.57 Å². The summed E-state index contributed by atoms with van der Waals surface area (Å²) in [5, 5.41) is 2.69. The lowest BCUT2D eigenvalue weighted by Crippen LogP contribution is -2.48. The summed E-state index contributed by atoms with van der Waals surface area (Å²) in [6, 6.07) is 24.0. The molecule has 2 nitrogen and oxygen atoms in total. The second-order valence-corrected chi connectivity index (χ2v) is 10.5. The number of hydrogen-bond donors (Lipinski definition) is 0. The predicted molar refractivity (Wildman–Crippen MR) is 126 cm³/mol. The number of aromatic nitrogens is 1. The molecule has 0 amide bonds. The van der Waals surface area contributed by atoms with Gasteiger partial charge in [0.05, 0.1) is 11.0 Å². The Morgan fingerprint density at radius 1 is 0.742 bits per heavy atom. The third-order valence-corrected chi connectivity index (χ3v) is 8.61. The molecule has 4 aromatic rings. The summed E-state index contributed by atoms with van der Waals surface area (Å²) in [7, 11) is 0. The predicted octanol–water partition coefficient (Wildman–Crippen LogP) is 7.06. The zero-order valence-electron chi connectivity index (χ0n) is 17.8. The summed E-state index contributed by atoms with van der Waals surface area (Å²) >= 11 is 0. The van der Waals surface area contributed by atoms with E-state index in [-0.39, 0.29) is 0 Å². The second kappa shape index (κ2) is 6.32. The van der Waals surface area contributed by atoms with Crippen molar-refractivity contribution < 1.29 is 4.79 Å². The fourth-order valence-electron chi connectivity index (χ4n) is 7.75. The Balaban J connectivity index is 1.43. The average molecular weight is 406 g/mol. The normalized spacial score (nSPS) is 29.1. The van der Waals surface area contributed by atoms with Gasteiger partial charge < -0.3 is 4.57 Å². The molecule has 2 heteroatoms. The molecule has 4 saturated carbocycles.